The molecule has 1 heterocycles. The third-order valence-corrected chi connectivity index (χ3v) is 7.25. The molecule has 9 heteroatoms. The zero-order valence-corrected chi connectivity index (χ0v) is 24.8. The van der Waals surface area contributed by atoms with Crippen molar-refractivity contribution in [2.45, 2.75) is 57.3 Å². The Morgan fingerprint density at radius 3 is 2.38 bits per heavy atom. The van der Waals surface area contributed by atoms with Gasteiger partial charge in [0.25, 0.3) is 5.91 Å². The van der Waals surface area contributed by atoms with Gasteiger partial charge in [0.05, 0.1) is 13.2 Å². The lowest BCUT2D eigenvalue weighted by Gasteiger charge is -2.38. The first-order valence-corrected chi connectivity index (χ1v) is 14.3. The molecule has 9 nitrogen and oxygen atoms in total. The zero-order valence-electron chi connectivity index (χ0n) is 24.8. The van der Waals surface area contributed by atoms with Crippen LogP contribution < -0.4 is 15.0 Å². The van der Waals surface area contributed by atoms with E-state index in [0.29, 0.717) is 38.1 Å². The number of aliphatic hydroxyl groups excluding tert-OH is 1. The number of methoxy groups -OCH3 is 1. The number of hydrogen-bond donors (Lipinski definition) is 2. The average molecular weight is 578 g/mol. The normalized spacial score (nSPS) is 16.7. The summed E-state index contributed by atoms with van der Waals surface area (Å²) in [6.07, 6.45) is 3.09. The zero-order chi connectivity index (χ0) is 30.6. The van der Waals surface area contributed by atoms with E-state index in [2.05, 4.69) is 18.5 Å². The van der Waals surface area contributed by atoms with E-state index in [1.807, 2.05) is 73.3 Å². The fourth-order valence-electron chi connectivity index (χ4n) is 5.28. The summed E-state index contributed by atoms with van der Waals surface area (Å²) in [6.45, 7) is 12.1. The highest BCUT2D eigenvalue weighted by molar-refractivity contribution is 5.92. The number of carbonyl (C=O) groups excluding carboxylic acids is 3. The molecule has 1 aliphatic rings. The van der Waals surface area contributed by atoms with Crippen LogP contribution in [0.5, 0.6) is 5.75 Å². The van der Waals surface area contributed by atoms with E-state index in [0.717, 1.165) is 11.3 Å². The standard InChI is InChI=1S/C33H43N3O6/c1-6-19-35(25-15-17-26(41-5)18-16-25)29(24-12-9-8-10-13-24)30(37)32(39)36-20-11-14-28(36)31(38)34-27(22-23(3)4)33(40)42-21-7-2/h6-10,12-13,15-18,23,27-30,37H,1-2,11,14,19-22H2,3-5H3,(H,34,38)/t27-,28+,29-,30-/m1/s1. The van der Waals surface area contributed by atoms with Crippen LogP contribution in [0.1, 0.15) is 44.7 Å². The minimum atomic E-state index is -1.49. The molecule has 2 N–H and O–H groups in total. The van der Waals surface area contributed by atoms with Crippen LogP contribution in [0.25, 0.3) is 0 Å². The minimum absolute atomic E-state index is 0.0415. The van der Waals surface area contributed by atoms with Crippen LogP contribution in [-0.2, 0) is 19.1 Å². The van der Waals surface area contributed by atoms with Gasteiger partial charge < -0.3 is 29.7 Å². The molecule has 1 saturated heterocycles. The molecule has 226 valence electrons. The lowest BCUT2D eigenvalue weighted by atomic mass is 9.97. The molecule has 42 heavy (non-hydrogen) atoms. The molecule has 0 radical (unpaired) electrons. The molecular formula is C33H43N3O6. The molecule has 0 aromatic heterocycles. The summed E-state index contributed by atoms with van der Waals surface area (Å²) in [5.74, 6) is -0.741. The van der Waals surface area contributed by atoms with E-state index < -0.39 is 42.0 Å². The Labute approximate surface area is 248 Å². The maximum atomic E-state index is 14.0. The van der Waals surface area contributed by atoms with Crippen LogP contribution in [0.3, 0.4) is 0 Å². The molecule has 3 rings (SSSR count). The van der Waals surface area contributed by atoms with Crippen molar-refractivity contribution >= 4 is 23.5 Å². The Balaban J connectivity index is 1.89. The van der Waals surface area contributed by atoms with Gasteiger partial charge in [-0.05, 0) is 55.0 Å². The molecule has 1 aliphatic heterocycles. The van der Waals surface area contributed by atoms with Gasteiger partial charge in [-0.3, -0.25) is 9.59 Å². The number of aliphatic hydroxyl groups is 1. The van der Waals surface area contributed by atoms with Crippen molar-refractivity contribution < 1.29 is 29.0 Å². The van der Waals surface area contributed by atoms with Crippen LogP contribution >= 0.6 is 0 Å². The van der Waals surface area contributed by atoms with Gasteiger partial charge in [0.15, 0.2) is 6.10 Å². The molecule has 1 fully saturated rings. The summed E-state index contributed by atoms with van der Waals surface area (Å²) < 4.78 is 10.5. The first-order valence-electron chi connectivity index (χ1n) is 14.3. The van der Waals surface area contributed by atoms with Gasteiger partial charge in [0.1, 0.15) is 24.4 Å². The topological polar surface area (TPSA) is 108 Å². The van der Waals surface area contributed by atoms with Gasteiger partial charge in [-0.25, -0.2) is 4.79 Å². The van der Waals surface area contributed by atoms with Gasteiger partial charge in [-0.2, -0.15) is 0 Å². The molecule has 0 spiro atoms. The molecule has 0 unspecified atom stereocenters. The number of benzene rings is 2. The Kier molecular flexibility index (Phi) is 12.2. The number of hydrogen-bond acceptors (Lipinski definition) is 7. The van der Waals surface area contributed by atoms with Crippen LogP contribution in [0.15, 0.2) is 79.9 Å². The highest BCUT2D eigenvalue weighted by Crippen LogP contribution is 2.33. The van der Waals surface area contributed by atoms with Gasteiger partial charge in [0.2, 0.25) is 5.91 Å². The van der Waals surface area contributed by atoms with Crippen molar-refractivity contribution in [3.05, 3.63) is 85.5 Å². The summed E-state index contributed by atoms with van der Waals surface area (Å²) in [7, 11) is 1.59. The average Bonchev–Trinajstić information content (AvgIpc) is 3.49. The van der Waals surface area contributed by atoms with Gasteiger partial charge in [-0.15, -0.1) is 6.58 Å². The monoisotopic (exact) mass is 577 g/mol. The van der Waals surface area contributed by atoms with Crippen molar-refractivity contribution in [3.8, 4) is 5.75 Å². The number of esters is 1. The van der Waals surface area contributed by atoms with Crippen LogP contribution in [-0.4, -0.2) is 72.8 Å². The van der Waals surface area contributed by atoms with Crippen molar-refractivity contribution in [3.63, 3.8) is 0 Å². The Morgan fingerprint density at radius 1 is 1.10 bits per heavy atom. The largest absolute Gasteiger partial charge is 0.497 e. The van der Waals surface area contributed by atoms with Crippen LogP contribution in [0.2, 0.25) is 0 Å². The van der Waals surface area contributed by atoms with Crippen molar-refractivity contribution in [1.29, 1.82) is 0 Å². The SMILES string of the molecule is C=CCOC(=O)[C@@H](CC(C)C)NC(=O)[C@@H]1CCCN1C(=O)[C@H](O)[C@@H](c1ccccc1)N(CC=C)c1ccc(OC)cc1. The third-order valence-electron chi connectivity index (χ3n) is 7.25. The molecule has 0 saturated carbocycles. The first kappa shape index (κ1) is 32.4. The van der Waals surface area contributed by atoms with Crippen LogP contribution in [0.4, 0.5) is 5.69 Å². The van der Waals surface area contributed by atoms with E-state index in [1.54, 1.807) is 13.2 Å². The van der Waals surface area contributed by atoms with Crippen molar-refractivity contribution in [2.24, 2.45) is 5.92 Å². The summed E-state index contributed by atoms with van der Waals surface area (Å²) in [6, 6.07) is 14.2. The van der Waals surface area contributed by atoms with E-state index in [-0.39, 0.29) is 12.5 Å². The fraction of sp³-hybridized carbons (Fsp3) is 0.424. The fourth-order valence-corrected chi connectivity index (χ4v) is 5.28. The molecule has 2 aromatic rings. The predicted octanol–water partition coefficient (Wildman–Crippen LogP) is 4.04. The quantitative estimate of drug-likeness (QED) is 0.243. The van der Waals surface area contributed by atoms with E-state index >= 15 is 0 Å². The number of likely N-dealkylation sites (tertiary alicyclic amines) is 1. The minimum Gasteiger partial charge on any atom is -0.497 e. The predicted molar refractivity (Wildman–Crippen MR) is 163 cm³/mol. The Morgan fingerprint density at radius 2 is 1.79 bits per heavy atom. The first-order chi connectivity index (χ1) is 20.2. The second kappa shape index (κ2) is 15.8. The number of amides is 2. The molecule has 2 aromatic carbocycles. The molecular weight excluding hydrogens is 534 g/mol. The number of ether oxygens (including phenoxy) is 2. The highest BCUT2D eigenvalue weighted by Gasteiger charge is 2.42. The smallest absolute Gasteiger partial charge is 0.328 e. The lowest BCUT2D eigenvalue weighted by Crippen LogP contribution is -2.54. The summed E-state index contributed by atoms with van der Waals surface area (Å²) >= 11 is 0. The number of nitrogens with zero attached hydrogens (tertiary/aromatic N) is 2. The lowest BCUT2D eigenvalue weighted by molar-refractivity contribution is -0.149. The summed E-state index contributed by atoms with van der Waals surface area (Å²) in [5.41, 5.74) is 1.50. The van der Waals surface area contributed by atoms with Crippen molar-refractivity contribution in [1.82, 2.24) is 10.2 Å². The second-order valence-electron chi connectivity index (χ2n) is 10.7. The molecule has 4 atom stereocenters. The van der Waals surface area contributed by atoms with E-state index in [1.165, 1.54) is 11.0 Å². The number of anilines is 1. The number of nitrogens with one attached hydrogen (secondary N) is 1. The Hall–Kier alpha value is -4.11. The van der Waals surface area contributed by atoms with Gasteiger partial charge >= 0.3 is 5.97 Å². The Bertz CT molecular complexity index is 1200. The number of carbonyl (C=O) groups is 3. The maximum absolute atomic E-state index is 14.0. The van der Waals surface area contributed by atoms with E-state index in [4.69, 9.17) is 9.47 Å². The van der Waals surface area contributed by atoms with E-state index in [9.17, 15) is 19.5 Å². The van der Waals surface area contributed by atoms with Gasteiger partial charge in [0, 0.05) is 18.8 Å². The molecule has 0 bridgehead atoms. The third kappa shape index (κ3) is 8.22. The summed E-state index contributed by atoms with van der Waals surface area (Å²) in [5, 5.41) is 14.5. The second-order valence-corrected chi connectivity index (χ2v) is 10.7. The maximum Gasteiger partial charge on any atom is 0.328 e. The molecule has 0 aliphatic carbocycles. The van der Waals surface area contributed by atoms with Crippen LogP contribution in [0, 0.1) is 5.92 Å². The highest BCUT2D eigenvalue weighted by atomic mass is 16.5. The summed E-state index contributed by atoms with van der Waals surface area (Å²) in [4.78, 5) is 43.4. The van der Waals surface area contributed by atoms with Gasteiger partial charge in [-0.1, -0.05) is 62.9 Å². The molecule has 2 amide bonds. The number of rotatable bonds is 15. The van der Waals surface area contributed by atoms with Crippen molar-refractivity contribution in [2.75, 3.05) is 31.7 Å².